The maximum atomic E-state index is 13.0. The van der Waals surface area contributed by atoms with Crippen LogP contribution < -0.4 is 5.32 Å². The fraction of sp³-hybridized carbons (Fsp3) is 0.455. The molecular weight excluding hydrogens is 195 g/mol. The molecule has 4 heteroatoms. The Morgan fingerprint density at radius 2 is 2.00 bits per heavy atom. The minimum atomic E-state index is -0.333. The lowest BCUT2D eigenvalue weighted by atomic mass is 10.1. The van der Waals surface area contributed by atoms with E-state index >= 15 is 0 Å². The quantitative estimate of drug-likeness (QED) is 0.602. The van der Waals surface area contributed by atoms with Gasteiger partial charge in [0.2, 0.25) is 12.4 Å². The third-order valence-electron chi connectivity index (χ3n) is 1.76. The standard InChI is InChI=1S/C9H12FN.C2H5NO/c1-6(2)8-5-4-7(3)11-9(8)10;1-3-2-4/h4-6H,1-3H3;2H,1H3,(H,3,4). The van der Waals surface area contributed by atoms with Crippen molar-refractivity contribution in [2.75, 3.05) is 7.05 Å². The number of rotatable bonds is 2. The van der Waals surface area contributed by atoms with E-state index in [-0.39, 0.29) is 11.9 Å². The molecule has 0 aliphatic carbocycles. The van der Waals surface area contributed by atoms with Crippen molar-refractivity contribution >= 4 is 6.41 Å². The second kappa shape index (κ2) is 6.92. The van der Waals surface area contributed by atoms with Gasteiger partial charge in [-0.05, 0) is 18.9 Å². The number of pyridine rings is 1. The van der Waals surface area contributed by atoms with Gasteiger partial charge < -0.3 is 5.32 Å². The molecule has 1 amide bonds. The van der Waals surface area contributed by atoms with Gasteiger partial charge >= 0.3 is 0 Å². The number of aromatic nitrogens is 1. The van der Waals surface area contributed by atoms with Crippen molar-refractivity contribution in [3.63, 3.8) is 0 Å². The van der Waals surface area contributed by atoms with Crippen molar-refractivity contribution in [2.24, 2.45) is 0 Å². The molecule has 0 unspecified atom stereocenters. The largest absolute Gasteiger partial charge is 0.362 e. The van der Waals surface area contributed by atoms with E-state index in [0.717, 1.165) is 5.69 Å². The minimum absolute atomic E-state index is 0.211. The molecule has 1 N–H and O–H groups in total. The van der Waals surface area contributed by atoms with Crippen molar-refractivity contribution in [3.05, 3.63) is 29.3 Å². The molecule has 0 bridgehead atoms. The summed E-state index contributed by atoms with van der Waals surface area (Å²) in [7, 11) is 1.56. The van der Waals surface area contributed by atoms with Gasteiger partial charge in [-0.1, -0.05) is 19.9 Å². The number of halogens is 1. The van der Waals surface area contributed by atoms with Gasteiger partial charge in [0.25, 0.3) is 0 Å². The number of nitrogens with one attached hydrogen (secondary N) is 1. The van der Waals surface area contributed by atoms with Gasteiger partial charge in [-0.3, -0.25) is 4.79 Å². The summed E-state index contributed by atoms with van der Waals surface area (Å²) in [6.45, 7) is 5.69. The van der Waals surface area contributed by atoms with E-state index < -0.39 is 0 Å². The van der Waals surface area contributed by atoms with Gasteiger partial charge in [0, 0.05) is 18.3 Å². The fourth-order valence-corrected chi connectivity index (χ4v) is 0.966. The number of nitrogens with zero attached hydrogens (tertiary/aromatic N) is 1. The Hall–Kier alpha value is -1.45. The van der Waals surface area contributed by atoms with Crippen LogP contribution in [0.25, 0.3) is 0 Å². The number of carbonyl (C=O) groups is 1. The van der Waals surface area contributed by atoms with Crippen molar-refractivity contribution < 1.29 is 9.18 Å². The minimum Gasteiger partial charge on any atom is -0.362 e. The summed E-state index contributed by atoms with van der Waals surface area (Å²) in [6, 6.07) is 3.63. The second-order valence-corrected chi connectivity index (χ2v) is 3.39. The number of hydrogen-bond donors (Lipinski definition) is 1. The Balaban J connectivity index is 0.000000423. The lowest BCUT2D eigenvalue weighted by Crippen LogP contribution is -1.98. The van der Waals surface area contributed by atoms with Gasteiger partial charge in [0.1, 0.15) is 0 Å². The molecule has 1 aromatic heterocycles. The van der Waals surface area contributed by atoms with Crippen LogP contribution in [-0.2, 0) is 4.79 Å². The predicted octanol–water partition coefficient (Wildman–Crippen LogP) is 2.01. The molecule has 3 nitrogen and oxygen atoms in total. The molecule has 1 aromatic rings. The second-order valence-electron chi connectivity index (χ2n) is 3.39. The van der Waals surface area contributed by atoms with Crippen molar-refractivity contribution in [3.8, 4) is 0 Å². The molecule has 0 radical (unpaired) electrons. The monoisotopic (exact) mass is 212 g/mol. The summed E-state index contributed by atoms with van der Waals surface area (Å²) < 4.78 is 13.0. The van der Waals surface area contributed by atoms with E-state index in [1.165, 1.54) is 0 Å². The summed E-state index contributed by atoms with van der Waals surface area (Å²) in [6.07, 6.45) is 0.625. The molecule has 0 fully saturated rings. The molecule has 0 aliphatic rings. The third kappa shape index (κ3) is 5.10. The SMILES string of the molecule is CNC=O.Cc1ccc(C(C)C)c(F)n1. The molecule has 0 aromatic carbocycles. The van der Waals surface area contributed by atoms with E-state index in [4.69, 9.17) is 4.79 Å². The smallest absolute Gasteiger partial charge is 0.216 e. The maximum Gasteiger partial charge on any atom is 0.216 e. The highest BCUT2D eigenvalue weighted by Crippen LogP contribution is 2.16. The van der Waals surface area contributed by atoms with Crippen LogP contribution in [0.1, 0.15) is 31.0 Å². The zero-order chi connectivity index (χ0) is 11.8. The highest BCUT2D eigenvalue weighted by molar-refractivity contribution is 5.44. The Labute approximate surface area is 89.7 Å². The summed E-state index contributed by atoms with van der Waals surface area (Å²) in [4.78, 5) is 12.8. The molecule has 0 saturated carbocycles. The highest BCUT2D eigenvalue weighted by Gasteiger charge is 2.06. The van der Waals surface area contributed by atoms with Crippen LogP contribution in [0.3, 0.4) is 0 Å². The predicted molar refractivity (Wildman–Crippen MR) is 58.1 cm³/mol. The van der Waals surface area contributed by atoms with Gasteiger partial charge in [-0.25, -0.2) is 4.98 Å². The van der Waals surface area contributed by atoms with Crippen LogP contribution in [-0.4, -0.2) is 18.4 Å². The number of aryl methyl sites for hydroxylation is 1. The number of amides is 1. The Morgan fingerprint density at radius 3 is 2.33 bits per heavy atom. The molecule has 1 rings (SSSR count). The van der Waals surface area contributed by atoms with E-state index in [2.05, 4.69) is 10.3 Å². The maximum absolute atomic E-state index is 13.0. The summed E-state index contributed by atoms with van der Waals surface area (Å²) in [5.41, 5.74) is 1.42. The molecule has 84 valence electrons. The molecule has 15 heavy (non-hydrogen) atoms. The Bertz CT molecular complexity index is 313. The highest BCUT2D eigenvalue weighted by atomic mass is 19.1. The summed E-state index contributed by atoms with van der Waals surface area (Å²) >= 11 is 0. The number of carbonyl (C=O) groups excluding carboxylic acids is 1. The van der Waals surface area contributed by atoms with Crippen LogP contribution in [0.15, 0.2) is 12.1 Å². The average Bonchev–Trinajstić information content (AvgIpc) is 2.17. The normalized spacial score (nSPS) is 9.20. The average molecular weight is 212 g/mol. The van der Waals surface area contributed by atoms with Crippen LogP contribution in [0.2, 0.25) is 0 Å². The van der Waals surface area contributed by atoms with Crippen molar-refractivity contribution in [2.45, 2.75) is 26.7 Å². The van der Waals surface area contributed by atoms with Crippen LogP contribution in [0, 0.1) is 12.9 Å². The molecule has 0 saturated heterocycles. The first-order chi connectivity index (χ1) is 7.02. The van der Waals surface area contributed by atoms with E-state index in [1.54, 1.807) is 20.0 Å². The molecule has 0 aliphatic heterocycles. The molecule has 0 atom stereocenters. The lowest BCUT2D eigenvalue weighted by Gasteiger charge is -2.05. The van der Waals surface area contributed by atoms with Crippen LogP contribution in [0.4, 0.5) is 4.39 Å². The summed E-state index contributed by atoms with van der Waals surface area (Å²) in [5, 5.41) is 2.25. The fourth-order valence-electron chi connectivity index (χ4n) is 0.966. The van der Waals surface area contributed by atoms with Crippen LogP contribution in [0.5, 0.6) is 0 Å². The topological polar surface area (TPSA) is 42.0 Å². The first kappa shape index (κ1) is 13.5. The van der Waals surface area contributed by atoms with Crippen LogP contribution >= 0.6 is 0 Å². The zero-order valence-corrected chi connectivity index (χ0v) is 9.54. The molecule has 0 spiro atoms. The zero-order valence-electron chi connectivity index (χ0n) is 9.54. The first-order valence-corrected chi connectivity index (χ1v) is 4.76. The Morgan fingerprint density at radius 1 is 1.47 bits per heavy atom. The van der Waals surface area contributed by atoms with Gasteiger partial charge in [-0.15, -0.1) is 0 Å². The Kier molecular flexibility index (Phi) is 6.25. The molecular formula is C11H17FN2O. The first-order valence-electron chi connectivity index (χ1n) is 4.76. The van der Waals surface area contributed by atoms with E-state index in [9.17, 15) is 4.39 Å². The van der Waals surface area contributed by atoms with Gasteiger partial charge in [0.05, 0.1) is 0 Å². The summed E-state index contributed by atoms with van der Waals surface area (Å²) in [5.74, 6) is -0.122. The number of hydrogen-bond acceptors (Lipinski definition) is 2. The third-order valence-corrected chi connectivity index (χ3v) is 1.76. The molecule has 1 heterocycles. The van der Waals surface area contributed by atoms with Crippen molar-refractivity contribution in [1.82, 2.24) is 10.3 Å². The van der Waals surface area contributed by atoms with E-state index in [0.29, 0.717) is 12.0 Å². The van der Waals surface area contributed by atoms with E-state index in [1.807, 2.05) is 19.9 Å². The lowest BCUT2D eigenvalue weighted by molar-refractivity contribution is -0.109. The van der Waals surface area contributed by atoms with Gasteiger partial charge in [0.15, 0.2) is 0 Å². The van der Waals surface area contributed by atoms with Crippen molar-refractivity contribution in [1.29, 1.82) is 0 Å². The van der Waals surface area contributed by atoms with Gasteiger partial charge in [-0.2, -0.15) is 4.39 Å².